The molecule has 0 N–H and O–H groups in total. The van der Waals surface area contributed by atoms with Crippen LogP contribution in [-0.4, -0.2) is 58.6 Å². The number of aryl methyl sites for hydroxylation is 2. The van der Waals surface area contributed by atoms with Crippen LogP contribution in [-0.2, 0) is 0 Å². The van der Waals surface area contributed by atoms with Crippen molar-refractivity contribution in [2.24, 2.45) is 4.99 Å². The number of aliphatic imine (C=N–C) groups is 1. The highest BCUT2D eigenvalue weighted by molar-refractivity contribution is 6.19. The average molecular weight is 372 g/mol. The summed E-state index contributed by atoms with van der Waals surface area (Å²) in [4.78, 5) is 20.8. The van der Waals surface area contributed by atoms with Gasteiger partial charge in [-0.1, -0.05) is 11.7 Å². The molecule has 0 saturated carbocycles. The molecule has 0 aliphatic carbocycles. The molecule has 0 bridgehead atoms. The average Bonchev–Trinajstić information content (AvgIpc) is 3.18. The van der Waals surface area contributed by atoms with Gasteiger partial charge in [-0.05, 0) is 44.7 Å². The molecule has 1 saturated heterocycles. The largest absolute Gasteiger partial charge is 0.372 e. The second-order valence-electron chi connectivity index (χ2n) is 7.01. The summed E-state index contributed by atoms with van der Waals surface area (Å²) in [6.45, 7) is 22.8. The summed E-state index contributed by atoms with van der Waals surface area (Å²) in [6, 6.07) is 6.17. The smallest absolute Gasteiger partial charge is 0.264 e. The maximum Gasteiger partial charge on any atom is 0.264 e. The number of fused-ring (bicyclic) bond motifs is 1. The summed E-state index contributed by atoms with van der Waals surface area (Å²) in [5.74, 6) is 1.17. The summed E-state index contributed by atoms with van der Waals surface area (Å²) in [5, 5.41) is 4.24. The Morgan fingerprint density at radius 3 is 2.46 bits per heavy atom. The van der Waals surface area contributed by atoms with Crippen LogP contribution in [0.1, 0.15) is 17.2 Å². The van der Waals surface area contributed by atoms with Crippen molar-refractivity contribution in [3.63, 3.8) is 0 Å². The molecule has 1 aromatic carbocycles. The molecule has 0 radical (unpaired) electrons. The Hall–Kier alpha value is -3.49. The minimum absolute atomic E-state index is 0.163. The van der Waals surface area contributed by atoms with Crippen molar-refractivity contribution in [1.29, 1.82) is 0 Å². The lowest BCUT2D eigenvalue weighted by atomic mass is 10.1. The molecule has 0 amide bonds. The monoisotopic (exact) mass is 372 g/mol. The molecular formula is C20H20N8. The topological polar surface area (TPSA) is 58.3 Å². The zero-order valence-electron chi connectivity index (χ0n) is 16.1. The molecule has 8 heteroatoms. The van der Waals surface area contributed by atoms with Crippen LogP contribution in [0.25, 0.3) is 15.5 Å². The predicted octanol–water partition coefficient (Wildman–Crippen LogP) is 2.75. The van der Waals surface area contributed by atoms with E-state index in [-0.39, 0.29) is 11.5 Å². The third-order valence-electron chi connectivity index (χ3n) is 5.06. The van der Waals surface area contributed by atoms with E-state index in [0.717, 1.165) is 37.4 Å². The molecule has 28 heavy (non-hydrogen) atoms. The molecular weight excluding hydrogens is 352 g/mol. The van der Waals surface area contributed by atoms with E-state index in [1.807, 2.05) is 13.0 Å². The van der Waals surface area contributed by atoms with Gasteiger partial charge < -0.3 is 14.6 Å². The van der Waals surface area contributed by atoms with E-state index < -0.39 is 0 Å². The third-order valence-corrected chi connectivity index (χ3v) is 5.06. The van der Waals surface area contributed by atoms with Gasteiger partial charge in [0, 0.05) is 31.9 Å². The van der Waals surface area contributed by atoms with Crippen LogP contribution in [0.15, 0.2) is 28.9 Å². The van der Waals surface area contributed by atoms with Crippen LogP contribution < -0.4 is 4.90 Å². The molecule has 0 unspecified atom stereocenters. The van der Waals surface area contributed by atoms with Crippen molar-refractivity contribution in [2.75, 3.05) is 38.1 Å². The van der Waals surface area contributed by atoms with Crippen LogP contribution in [0, 0.1) is 27.0 Å². The molecule has 140 valence electrons. The van der Waals surface area contributed by atoms with Crippen LogP contribution in [0.4, 0.5) is 11.4 Å². The summed E-state index contributed by atoms with van der Waals surface area (Å²) in [5.41, 5.74) is 3.59. The van der Waals surface area contributed by atoms with Crippen LogP contribution >= 0.6 is 0 Å². The van der Waals surface area contributed by atoms with Gasteiger partial charge in [0.2, 0.25) is 11.5 Å². The van der Waals surface area contributed by atoms with Gasteiger partial charge in [0.25, 0.3) is 5.82 Å². The first kappa shape index (κ1) is 17.9. The fraction of sp³-hybridized carbons (Fsp3) is 0.350. The van der Waals surface area contributed by atoms with E-state index in [2.05, 4.69) is 48.8 Å². The molecule has 3 heterocycles. The number of aromatic nitrogens is 3. The number of likely N-dealkylation sites (N-methyl/N-ethyl adjacent to an activating group) is 1. The Kier molecular flexibility index (Phi) is 4.42. The molecule has 1 aromatic heterocycles. The minimum Gasteiger partial charge on any atom is -0.372 e. The van der Waals surface area contributed by atoms with Gasteiger partial charge in [-0.15, -0.1) is 0 Å². The zero-order chi connectivity index (χ0) is 19.8. The van der Waals surface area contributed by atoms with Gasteiger partial charge in [0.1, 0.15) is 5.71 Å². The van der Waals surface area contributed by atoms with E-state index in [9.17, 15) is 0 Å². The number of hydrogen-bond donors (Lipinski definition) is 0. The van der Waals surface area contributed by atoms with Crippen molar-refractivity contribution in [1.82, 2.24) is 19.7 Å². The highest BCUT2D eigenvalue weighted by atomic mass is 15.4. The van der Waals surface area contributed by atoms with Crippen LogP contribution in [0.2, 0.25) is 0 Å². The number of allylic oxidation sites excluding steroid dienone is 1. The lowest BCUT2D eigenvalue weighted by Crippen LogP contribution is -2.44. The zero-order valence-corrected chi connectivity index (χ0v) is 16.1. The molecule has 8 nitrogen and oxygen atoms in total. The molecule has 2 aromatic rings. The van der Waals surface area contributed by atoms with Crippen molar-refractivity contribution in [3.8, 4) is 0 Å². The number of piperazine rings is 1. The Bertz CT molecular complexity index is 1080. The first-order valence-electron chi connectivity index (χ1n) is 9.08. The summed E-state index contributed by atoms with van der Waals surface area (Å²) < 4.78 is 1.42. The van der Waals surface area contributed by atoms with E-state index in [1.165, 1.54) is 10.4 Å². The second-order valence-corrected chi connectivity index (χ2v) is 7.01. The number of rotatable bonds is 2. The molecule has 0 spiro atoms. The standard InChI is InChI=1S/C20H20N8/c1-13-12-15(27-10-8-26(5)9-11-27)6-7-16(13)24-18-17(21-3)19(22-4)28-20(18)23-14(2)25-28/h6-7,12H,8-11H2,1-2,5H3. The maximum atomic E-state index is 7.50. The molecule has 0 atom stereocenters. The first-order chi connectivity index (χ1) is 13.5. The molecule has 4 rings (SSSR count). The summed E-state index contributed by atoms with van der Waals surface area (Å²) >= 11 is 0. The summed E-state index contributed by atoms with van der Waals surface area (Å²) in [6.07, 6.45) is 0. The van der Waals surface area contributed by atoms with Gasteiger partial charge in [-0.2, -0.15) is 9.67 Å². The van der Waals surface area contributed by atoms with Crippen molar-refractivity contribution >= 4 is 22.9 Å². The van der Waals surface area contributed by atoms with Gasteiger partial charge in [-0.3, -0.25) is 4.99 Å². The lowest BCUT2D eigenvalue weighted by molar-refractivity contribution is 0.313. The fourth-order valence-electron chi connectivity index (χ4n) is 3.48. The Balaban J connectivity index is 1.72. The predicted molar refractivity (Wildman–Crippen MR) is 108 cm³/mol. The van der Waals surface area contributed by atoms with E-state index >= 15 is 0 Å². The SMILES string of the molecule is [C-]#[N+]C1=C([N+]#[C-])n2nc(C)nc2C1=Nc1ccc(N2CCN(C)CC2)cc1C. The Labute approximate surface area is 164 Å². The van der Waals surface area contributed by atoms with Crippen LogP contribution in [0.3, 0.4) is 0 Å². The highest BCUT2D eigenvalue weighted by Gasteiger charge is 2.34. The molecule has 1 fully saturated rings. The summed E-state index contributed by atoms with van der Waals surface area (Å²) in [7, 11) is 2.14. The van der Waals surface area contributed by atoms with Crippen molar-refractivity contribution in [3.05, 3.63) is 63.9 Å². The normalized spacial score (nSPS) is 18.3. The number of nitrogens with zero attached hydrogens (tertiary/aromatic N) is 8. The quantitative estimate of drug-likeness (QED) is 0.761. The molecule has 2 aliphatic heterocycles. The third kappa shape index (κ3) is 2.94. The number of hydrogen-bond acceptors (Lipinski definition) is 5. The van der Waals surface area contributed by atoms with E-state index in [1.54, 1.807) is 6.92 Å². The van der Waals surface area contributed by atoms with Gasteiger partial charge in [0.15, 0.2) is 5.82 Å². The van der Waals surface area contributed by atoms with Crippen molar-refractivity contribution < 1.29 is 0 Å². The van der Waals surface area contributed by atoms with Crippen molar-refractivity contribution in [2.45, 2.75) is 13.8 Å². The minimum atomic E-state index is 0.163. The lowest BCUT2D eigenvalue weighted by Gasteiger charge is -2.34. The van der Waals surface area contributed by atoms with E-state index in [4.69, 9.17) is 18.1 Å². The van der Waals surface area contributed by atoms with Gasteiger partial charge >= 0.3 is 0 Å². The Morgan fingerprint density at radius 1 is 1.07 bits per heavy atom. The number of benzene rings is 1. The maximum absolute atomic E-state index is 7.50. The van der Waals surface area contributed by atoms with Gasteiger partial charge in [0.05, 0.1) is 12.3 Å². The fourth-order valence-corrected chi connectivity index (χ4v) is 3.48. The highest BCUT2D eigenvalue weighted by Crippen LogP contribution is 2.32. The second kappa shape index (κ2) is 6.91. The Morgan fingerprint density at radius 2 is 1.82 bits per heavy atom. The van der Waals surface area contributed by atoms with Crippen LogP contribution in [0.5, 0.6) is 0 Å². The van der Waals surface area contributed by atoms with Gasteiger partial charge in [-0.25, -0.2) is 4.85 Å². The number of anilines is 1. The first-order valence-corrected chi connectivity index (χ1v) is 9.08. The van der Waals surface area contributed by atoms with E-state index in [0.29, 0.717) is 17.4 Å². The molecule has 2 aliphatic rings.